The van der Waals surface area contributed by atoms with Crippen molar-refractivity contribution in [3.8, 4) is 0 Å². The van der Waals surface area contributed by atoms with Crippen molar-refractivity contribution in [1.29, 1.82) is 0 Å². The highest BCUT2D eigenvalue weighted by Crippen LogP contribution is 2.62. The van der Waals surface area contributed by atoms with Crippen molar-refractivity contribution in [2.45, 2.75) is 251 Å². The molecule has 0 aliphatic carbocycles. The third kappa shape index (κ3) is 10.6. The average Bonchev–Trinajstić information content (AvgIpc) is 2.97. The first-order valence-corrected chi connectivity index (χ1v) is 32.7. The summed E-state index contributed by atoms with van der Waals surface area (Å²) in [5, 5.41) is -0.131. The lowest BCUT2D eigenvalue weighted by atomic mass is 9.78. The molecule has 0 N–H and O–H groups in total. The molecule has 0 radical (unpaired) electrons. The van der Waals surface area contributed by atoms with Gasteiger partial charge < -0.3 is 13.3 Å². The van der Waals surface area contributed by atoms with Crippen LogP contribution in [0.4, 0.5) is 0 Å². The fourth-order valence-corrected chi connectivity index (χ4v) is 26.2. The van der Waals surface area contributed by atoms with Crippen molar-refractivity contribution in [2.24, 2.45) is 0 Å². The number of unbranched alkanes of at least 4 members (excludes halogenated alkanes) is 5. The van der Waals surface area contributed by atoms with E-state index < -0.39 is 33.0 Å². The van der Waals surface area contributed by atoms with Gasteiger partial charge in [0.25, 0.3) is 0 Å². The minimum atomic E-state index is -2.41. The fraction of sp³-hybridized carbons (Fsp3) is 1.00. The van der Waals surface area contributed by atoms with E-state index in [0.717, 1.165) is 51.4 Å². The van der Waals surface area contributed by atoms with E-state index in [1.54, 1.807) is 0 Å². The highest BCUT2D eigenvalue weighted by Gasteiger charge is 2.65. The first kappa shape index (κ1) is 46.7. The lowest BCUT2D eigenvalue weighted by Crippen LogP contribution is -2.70. The van der Waals surface area contributed by atoms with Gasteiger partial charge in [0.2, 0.25) is 8.32 Å². The van der Waals surface area contributed by atoms with Crippen molar-refractivity contribution < 1.29 is 13.3 Å². The zero-order valence-corrected chi connectivity index (χ0v) is 39.2. The van der Waals surface area contributed by atoms with Gasteiger partial charge >= 0.3 is 0 Å². The van der Waals surface area contributed by atoms with Crippen molar-refractivity contribution in [3.05, 3.63) is 0 Å². The van der Waals surface area contributed by atoms with E-state index in [4.69, 9.17) is 13.3 Å². The van der Waals surface area contributed by atoms with Crippen LogP contribution >= 0.6 is 0 Å². The van der Waals surface area contributed by atoms with Crippen molar-refractivity contribution in [2.75, 3.05) is 0 Å². The maximum atomic E-state index is 8.23. The Labute approximate surface area is 296 Å². The van der Waals surface area contributed by atoms with Crippen LogP contribution in [-0.2, 0) is 13.3 Å². The molecule has 0 saturated carbocycles. The summed E-state index contributed by atoms with van der Waals surface area (Å²) >= 11 is 0. The van der Waals surface area contributed by atoms with Crippen LogP contribution < -0.4 is 0 Å². The molecule has 0 fully saturated rings. The molecule has 0 saturated heterocycles. The van der Waals surface area contributed by atoms with E-state index in [0.29, 0.717) is 0 Å². The SMILES string of the molecule is CCCCCCCC[Si](C)(OC(CC)(CCC)[Si](C)(C)C)C(CC)(CC)C(CC)(CC)O[Si](C)(C)C(CC)(CCC)O[Si](C)(C)C. The molecule has 3 atom stereocenters. The Kier molecular flexibility index (Phi) is 19.7. The minimum Gasteiger partial charge on any atom is -0.414 e. The number of hydrogen-bond acceptors (Lipinski definition) is 3. The normalized spacial score (nSPS) is 17.9. The van der Waals surface area contributed by atoms with E-state index in [2.05, 4.69) is 121 Å². The van der Waals surface area contributed by atoms with Gasteiger partial charge in [0.1, 0.15) is 0 Å². The molecule has 3 unspecified atom stereocenters. The van der Waals surface area contributed by atoms with Crippen LogP contribution in [0.25, 0.3) is 0 Å². The molecule has 0 spiro atoms. The molecule has 0 amide bonds. The summed E-state index contributed by atoms with van der Waals surface area (Å²) in [7, 11) is -8.29. The summed E-state index contributed by atoms with van der Waals surface area (Å²) in [6.45, 7) is 44.3. The molecule has 0 aromatic carbocycles. The molecule has 0 aromatic heterocycles. The van der Waals surface area contributed by atoms with E-state index in [-0.39, 0.29) is 21.1 Å². The van der Waals surface area contributed by atoms with Crippen LogP contribution in [0.15, 0.2) is 0 Å². The maximum absolute atomic E-state index is 8.23. The van der Waals surface area contributed by atoms with Crippen LogP contribution in [0.5, 0.6) is 0 Å². The summed E-state index contributed by atoms with van der Waals surface area (Å²) in [5.74, 6) is 0. The summed E-state index contributed by atoms with van der Waals surface area (Å²) < 4.78 is 23.7. The Morgan fingerprint density at radius 1 is 0.435 bits per heavy atom. The van der Waals surface area contributed by atoms with Gasteiger partial charge in [-0.05, 0) is 96.7 Å². The Morgan fingerprint density at radius 2 is 0.891 bits per heavy atom. The molecule has 0 bridgehead atoms. The average molecular weight is 717 g/mol. The lowest BCUT2D eigenvalue weighted by molar-refractivity contribution is -0.0410. The summed E-state index contributed by atoms with van der Waals surface area (Å²) in [5.41, 5.74) is -0.225. The molecule has 0 heterocycles. The van der Waals surface area contributed by atoms with Gasteiger partial charge in [-0.1, -0.05) is 133 Å². The molecule has 7 heteroatoms. The van der Waals surface area contributed by atoms with E-state index >= 15 is 0 Å². The Hall–Kier alpha value is 0.748. The molecule has 278 valence electrons. The lowest BCUT2D eigenvalue weighted by Gasteiger charge is -2.63. The Morgan fingerprint density at radius 3 is 1.26 bits per heavy atom. The Balaban J connectivity index is 7.59. The smallest absolute Gasteiger partial charge is 0.217 e. The van der Waals surface area contributed by atoms with E-state index in [9.17, 15) is 0 Å². The van der Waals surface area contributed by atoms with Crippen molar-refractivity contribution in [3.63, 3.8) is 0 Å². The van der Waals surface area contributed by atoms with Crippen LogP contribution in [-0.4, -0.2) is 49.1 Å². The second kappa shape index (κ2) is 19.4. The van der Waals surface area contributed by atoms with E-state index in [1.165, 1.54) is 57.4 Å². The summed E-state index contributed by atoms with van der Waals surface area (Å²) in [6.07, 6.45) is 19.2. The molecule has 46 heavy (non-hydrogen) atoms. The predicted molar refractivity (Wildman–Crippen MR) is 220 cm³/mol. The van der Waals surface area contributed by atoms with Crippen LogP contribution in [0, 0.1) is 0 Å². The van der Waals surface area contributed by atoms with Gasteiger partial charge in [-0.3, -0.25) is 0 Å². The third-order valence-corrected chi connectivity index (χ3v) is 26.5. The fourth-order valence-electron chi connectivity index (χ4n) is 9.84. The first-order chi connectivity index (χ1) is 21.2. The highest BCUT2D eigenvalue weighted by atomic mass is 28.4. The minimum absolute atomic E-state index is 0.0109. The zero-order valence-electron chi connectivity index (χ0n) is 35.2. The topological polar surface area (TPSA) is 27.7 Å². The Bertz CT molecular complexity index is 828. The molecular formula is C39H88O3Si4. The molecular weight excluding hydrogens is 629 g/mol. The highest BCUT2D eigenvalue weighted by molar-refractivity contribution is 6.82. The van der Waals surface area contributed by atoms with Crippen molar-refractivity contribution in [1.82, 2.24) is 0 Å². The molecule has 0 aromatic rings. The predicted octanol–water partition coefficient (Wildman–Crippen LogP) is 14.4. The van der Waals surface area contributed by atoms with Crippen molar-refractivity contribution >= 4 is 33.0 Å². The largest absolute Gasteiger partial charge is 0.414 e. The number of rotatable bonds is 27. The first-order valence-electron chi connectivity index (χ1n) is 20.3. The van der Waals surface area contributed by atoms with Gasteiger partial charge in [-0.2, -0.15) is 0 Å². The van der Waals surface area contributed by atoms with Gasteiger partial charge in [0.05, 0.1) is 18.9 Å². The van der Waals surface area contributed by atoms with Gasteiger partial charge in [0.15, 0.2) is 16.6 Å². The maximum Gasteiger partial charge on any atom is 0.217 e. The standard InChI is InChI=1S/C39H88O3Si4/c1-19-28-29-30-31-32-35-46(18,42-38(26-8,33-20-2)43(10,11)12)37(24-6,25-7)36(22-4,23-5)40-45(16,17)39(27-9,34-21-3)41-44(13,14)15/h19-35H2,1-18H3. The van der Waals surface area contributed by atoms with Crippen LogP contribution in [0.1, 0.15) is 165 Å². The van der Waals surface area contributed by atoms with E-state index in [1.807, 2.05) is 0 Å². The van der Waals surface area contributed by atoms with Gasteiger partial charge in [-0.25, -0.2) is 0 Å². The second-order valence-corrected chi connectivity index (χ2v) is 35.7. The second-order valence-electron chi connectivity index (χ2n) is 17.6. The number of hydrogen-bond donors (Lipinski definition) is 0. The van der Waals surface area contributed by atoms with Gasteiger partial charge in [0, 0.05) is 10.3 Å². The monoisotopic (exact) mass is 717 g/mol. The molecule has 0 aliphatic rings. The molecule has 0 aliphatic heterocycles. The summed E-state index contributed by atoms with van der Waals surface area (Å²) in [6, 6.07) is 1.25. The van der Waals surface area contributed by atoms with Crippen LogP contribution in [0.3, 0.4) is 0 Å². The van der Waals surface area contributed by atoms with Gasteiger partial charge in [-0.15, -0.1) is 0 Å². The zero-order chi connectivity index (χ0) is 36.1. The quantitative estimate of drug-likeness (QED) is 0.0626. The summed E-state index contributed by atoms with van der Waals surface area (Å²) in [4.78, 5) is 0. The third-order valence-electron chi connectivity index (χ3n) is 12.5. The van der Waals surface area contributed by atoms with Crippen LogP contribution in [0.2, 0.25) is 70.0 Å². The molecule has 3 nitrogen and oxygen atoms in total. The molecule has 0 rings (SSSR count).